The maximum Gasteiger partial charge on any atom is 0.315 e. The second kappa shape index (κ2) is 5.55. The molecule has 5 heteroatoms. The third-order valence-corrected chi connectivity index (χ3v) is 2.23. The van der Waals surface area contributed by atoms with Crippen LogP contribution in [0.25, 0.3) is 0 Å². The van der Waals surface area contributed by atoms with Gasteiger partial charge in [-0.15, -0.1) is 0 Å². The summed E-state index contributed by atoms with van der Waals surface area (Å²) in [5, 5.41) is 14.1. The Labute approximate surface area is 94.8 Å². The molecule has 5 nitrogen and oxygen atoms in total. The van der Waals surface area contributed by atoms with Gasteiger partial charge in [-0.3, -0.25) is 0 Å². The van der Waals surface area contributed by atoms with Crippen LogP contribution in [0.2, 0.25) is 0 Å². The molecule has 16 heavy (non-hydrogen) atoms. The minimum Gasteiger partial charge on any atom is -0.466 e. The molecule has 0 fully saturated rings. The smallest absolute Gasteiger partial charge is 0.315 e. The van der Waals surface area contributed by atoms with E-state index < -0.39 is 0 Å². The molecule has 3 N–H and O–H groups in total. The van der Waals surface area contributed by atoms with Crippen LogP contribution in [0.15, 0.2) is 10.5 Å². The molecule has 1 atom stereocenters. The molecule has 0 spiro atoms. The number of furan rings is 1. The fraction of sp³-hybridized carbons (Fsp3) is 0.545. The number of hydrogen-bond donors (Lipinski definition) is 3. The zero-order chi connectivity index (χ0) is 12.1. The summed E-state index contributed by atoms with van der Waals surface area (Å²) in [6, 6.07) is 1.36. The Morgan fingerprint density at radius 1 is 1.56 bits per heavy atom. The molecule has 90 valence electrons. The van der Waals surface area contributed by atoms with Crippen molar-refractivity contribution in [3.63, 3.8) is 0 Å². The van der Waals surface area contributed by atoms with Gasteiger partial charge in [0.2, 0.25) is 0 Å². The first-order valence-corrected chi connectivity index (χ1v) is 5.24. The number of carbonyl (C=O) groups excluding carboxylic acids is 1. The van der Waals surface area contributed by atoms with E-state index in [1.165, 1.54) is 0 Å². The van der Waals surface area contributed by atoms with Gasteiger partial charge in [0.1, 0.15) is 11.5 Å². The van der Waals surface area contributed by atoms with Gasteiger partial charge in [0.05, 0.1) is 12.6 Å². The summed E-state index contributed by atoms with van der Waals surface area (Å²) in [6.07, 6.45) is 0. The number of carbonyl (C=O) groups is 1. The number of hydrogen-bond acceptors (Lipinski definition) is 3. The monoisotopic (exact) mass is 226 g/mol. The van der Waals surface area contributed by atoms with E-state index >= 15 is 0 Å². The first-order valence-electron chi connectivity index (χ1n) is 5.24. The van der Waals surface area contributed by atoms with Crippen molar-refractivity contribution >= 4 is 6.03 Å². The highest BCUT2D eigenvalue weighted by Crippen LogP contribution is 2.12. The molecule has 2 amide bonds. The molecule has 1 unspecified atom stereocenters. The lowest BCUT2D eigenvalue weighted by Crippen LogP contribution is -2.41. The molecule has 0 aliphatic carbocycles. The predicted molar refractivity (Wildman–Crippen MR) is 60.1 cm³/mol. The van der Waals surface area contributed by atoms with E-state index in [0.717, 1.165) is 17.1 Å². The van der Waals surface area contributed by atoms with Crippen molar-refractivity contribution in [1.82, 2.24) is 10.6 Å². The van der Waals surface area contributed by atoms with Gasteiger partial charge in [0, 0.05) is 12.1 Å². The minimum atomic E-state index is -0.292. The van der Waals surface area contributed by atoms with Crippen LogP contribution in [-0.4, -0.2) is 23.8 Å². The van der Waals surface area contributed by atoms with Crippen LogP contribution < -0.4 is 10.6 Å². The van der Waals surface area contributed by atoms with Gasteiger partial charge in [-0.25, -0.2) is 4.79 Å². The zero-order valence-electron chi connectivity index (χ0n) is 9.83. The molecule has 1 rings (SSSR count). The molecule has 0 aromatic carbocycles. The summed E-state index contributed by atoms with van der Waals surface area (Å²) in [5.74, 6) is 1.64. The van der Waals surface area contributed by atoms with Crippen LogP contribution in [-0.2, 0) is 6.54 Å². The summed E-state index contributed by atoms with van der Waals surface area (Å²) in [4.78, 5) is 11.3. The number of aliphatic hydroxyl groups is 1. The van der Waals surface area contributed by atoms with E-state index in [9.17, 15) is 4.79 Å². The van der Waals surface area contributed by atoms with Crippen molar-refractivity contribution in [3.05, 3.63) is 23.2 Å². The number of aliphatic hydroxyl groups excluding tert-OH is 1. The zero-order valence-corrected chi connectivity index (χ0v) is 9.83. The largest absolute Gasteiger partial charge is 0.466 e. The molecule has 0 aliphatic heterocycles. The van der Waals surface area contributed by atoms with Gasteiger partial charge in [-0.05, 0) is 26.8 Å². The molecule has 0 radical (unpaired) electrons. The summed E-state index contributed by atoms with van der Waals surface area (Å²) in [6.45, 7) is 5.81. The van der Waals surface area contributed by atoms with E-state index in [2.05, 4.69) is 10.6 Å². The van der Waals surface area contributed by atoms with Gasteiger partial charge >= 0.3 is 6.03 Å². The van der Waals surface area contributed by atoms with Gasteiger partial charge in [0.25, 0.3) is 0 Å². The highest BCUT2D eigenvalue weighted by atomic mass is 16.3. The highest BCUT2D eigenvalue weighted by Gasteiger charge is 2.08. The number of amides is 2. The van der Waals surface area contributed by atoms with Gasteiger partial charge < -0.3 is 20.2 Å². The van der Waals surface area contributed by atoms with E-state index in [4.69, 9.17) is 9.52 Å². The van der Waals surface area contributed by atoms with Crippen LogP contribution in [0.5, 0.6) is 0 Å². The van der Waals surface area contributed by atoms with Gasteiger partial charge in [0.15, 0.2) is 0 Å². The number of nitrogens with one attached hydrogen (secondary N) is 2. The number of urea groups is 1. The molecule has 0 bridgehead atoms. The molecule has 1 heterocycles. The molecular formula is C11H18N2O3. The highest BCUT2D eigenvalue weighted by molar-refractivity contribution is 5.74. The van der Waals surface area contributed by atoms with Crippen molar-refractivity contribution in [1.29, 1.82) is 0 Å². The molecular weight excluding hydrogens is 208 g/mol. The second-order valence-electron chi connectivity index (χ2n) is 3.85. The maximum absolute atomic E-state index is 11.3. The van der Waals surface area contributed by atoms with Crippen LogP contribution in [0.3, 0.4) is 0 Å². The van der Waals surface area contributed by atoms with Crippen molar-refractivity contribution < 1.29 is 14.3 Å². The van der Waals surface area contributed by atoms with Gasteiger partial charge in [-0.2, -0.15) is 0 Å². The molecule has 0 aliphatic rings. The van der Waals surface area contributed by atoms with Crippen LogP contribution in [0.4, 0.5) is 4.79 Å². The molecule has 1 aromatic rings. The second-order valence-corrected chi connectivity index (χ2v) is 3.85. The average molecular weight is 226 g/mol. The van der Waals surface area contributed by atoms with Crippen LogP contribution in [0, 0.1) is 13.8 Å². The Kier molecular flexibility index (Phi) is 4.37. The predicted octanol–water partition coefficient (Wildman–Crippen LogP) is 1.08. The topological polar surface area (TPSA) is 74.5 Å². The first-order chi connectivity index (χ1) is 7.52. The summed E-state index contributed by atoms with van der Waals surface area (Å²) >= 11 is 0. The Bertz CT molecular complexity index is 360. The normalized spacial score (nSPS) is 12.2. The number of aryl methyl sites for hydroxylation is 2. The Morgan fingerprint density at radius 3 is 2.75 bits per heavy atom. The number of rotatable bonds is 4. The van der Waals surface area contributed by atoms with E-state index in [-0.39, 0.29) is 18.7 Å². The summed E-state index contributed by atoms with van der Waals surface area (Å²) in [5.41, 5.74) is 0.962. The van der Waals surface area contributed by atoms with E-state index in [0.29, 0.717) is 6.54 Å². The summed E-state index contributed by atoms with van der Waals surface area (Å²) in [7, 11) is 0. The van der Waals surface area contributed by atoms with Crippen LogP contribution in [0.1, 0.15) is 24.0 Å². The molecule has 1 aromatic heterocycles. The van der Waals surface area contributed by atoms with Crippen molar-refractivity contribution in [2.24, 2.45) is 0 Å². The summed E-state index contributed by atoms with van der Waals surface area (Å²) < 4.78 is 5.34. The molecule has 0 saturated carbocycles. The lowest BCUT2D eigenvalue weighted by Gasteiger charge is -2.11. The quantitative estimate of drug-likeness (QED) is 0.719. The van der Waals surface area contributed by atoms with Crippen molar-refractivity contribution in [2.45, 2.75) is 33.4 Å². The van der Waals surface area contributed by atoms with Crippen molar-refractivity contribution in [3.8, 4) is 0 Å². The third kappa shape index (κ3) is 3.58. The third-order valence-electron chi connectivity index (χ3n) is 2.23. The SMILES string of the molecule is Cc1cc(CNC(=O)NC(C)CO)c(C)o1. The molecule has 0 saturated heterocycles. The Morgan fingerprint density at radius 2 is 2.25 bits per heavy atom. The van der Waals surface area contributed by atoms with E-state index in [1.807, 2.05) is 19.9 Å². The van der Waals surface area contributed by atoms with Gasteiger partial charge in [-0.1, -0.05) is 0 Å². The Hall–Kier alpha value is -1.49. The van der Waals surface area contributed by atoms with E-state index in [1.54, 1.807) is 6.92 Å². The minimum absolute atomic E-state index is 0.0722. The first kappa shape index (κ1) is 12.6. The lowest BCUT2D eigenvalue weighted by molar-refractivity contribution is 0.220. The van der Waals surface area contributed by atoms with Crippen LogP contribution >= 0.6 is 0 Å². The van der Waals surface area contributed by atoms with Crippen molar-refractivity contribution in [2.75, 3.05) is 6.61 Å². The standard InChI is InChI=1S/C11H18N2O3/c1-7(6-14)13-11(15)12-5-10-4-8(2)16-9(10)3/h4,7,14H,5-6H2,1-3H3,(H2,12,13,15). The average Bonchev–Trinajstić information content (AvgIpc) is 2.54. The lowest BCUT2D eigenvalue weighted by atomic mass is 10.2. The maximum atomic E-state index is 11.3. The fourth-order valence-electron chi connectivity index (χ4n) is 1.35. The fourth-order valence-corrected chi connectivity index (χ4v) is 1.35. The Balaban J connectivity index is 2.40.